The van der Waals surface area contributed by atoms with Gasteiger partial charge < -0.3 is 14.1 Å². The van der Waals surface area contributed by atoms with E-state index in [1.54, 1.807) is 12.3 Å². The van der Waals surface area contributed by atoms with E-state index in [0.717, 1.165) is 11.6 Å². The van der Waals surface area contributed by atoms with E-state index in [4.69, 9.17) is 9.52 Å². The summed E-state index contributed by atoms with van der Waals surface area (Å²) in [4.78, 5) is 4.19. The average molecular weight is 192 g/mol. The van der Waals surface area contributed by atoms with Crippen LogP contribution in [0, 0.1) is 0 Å². The predicted octanol–water partition coefficient (Wildman–Crippen LogP) is 1.10. The number of furan rings is 1. The van der Waals surface area contributed by atoms with Crippen molar-refractivity contribution < 1.29 is 9.52 Å². The van der Waals surface area contributed by atoms with Gasteiger partial charge in [0.2, 0.25) is 0 Å². The Morgan fingerprint density at radius 3 is 2.79 bits per heavy atom. The standard InChI is InChI=1S/C10H12N2O2/c1-12-5-4-11-10(12)6-8-2-3-9(7-13)14-8/h2-5,13H,6-7H2,1H3. The van der Waals surface area contributed by atoms with E-state index in [2.05, 4.69) is 4.98 Å². The maximum Gasteiger partial charge on any atom is 0.129 e. The third-order valence-corrected chi connectivity index (χ3v) is 2.13. The smallest absolute Gasteiger partial charge is 0.129 e. The molecule has 2 aromatic rings. The molecule has 0 saturated carbocycles. The SMILES string of the molecule is Cn1ccnc1Cc1ccc(CO)o1. The largest absolute Gasteiger partial charge is 0.463 e. The summed E-state index contributed by atoms with van der Waals surface area (Å²) in [5.74, 6) is 2.36. The quantitative estimate of drug-likeness (QED) is 0.792. The van der Waals surface area contributed by atoms with Crippen LogP contribution in [-0.2, 0) is 20.1 Å². The first-order chi connectivity index (χ1) is 6.79. The molecule has 0 saturated heterocycles. The number of aryl methyl sites for hydroxylation is 1. The van der Waals surface area contributed by atoms with Crippen LogP contribution in [0.5, 0.6) is 0 Å². The fraction of sp³-hybridized carbons (Fsp3) is 0.300. The number of hydrogen-bond acceptors (Lipinski definition) is 3. The molecule has 74 valence electrons. The number of imidazole rings is 1. The van der Waals surface area contributed by atoms with Gasteiger partial charge in [0.15, 0.2) is 0 Å². The predicted molar refractivity (Wildman–Crippen MR) is 50.6 cm³/mol. The summed E-state index contributed by atoms with van der Waals surface area (Å²) in [5, 5.41) is 8.82. The van der Waals surface area contributed by atoms with Crippen molar-refractivity contribution >= 4 is 0 Å². The van der Waals surface area contributed by atoms with E-state index in [-0.39, 0.29) is 6.61 Å². The Labute approximate surface area is 81.8 Å². The first-order valence-corrected chi connectivity index (χ1v) is 4.44. The van der Waals surface area contributed by atoms with E-state index < -0.39 is 0 Å². The zero-order chi connectivity index (χ0) is 9.97. The van der Waals surface area contributed by atoms with Crippen LogP contribution in [0.25, 0.3) is 0 Å². The second kappa shape index (κ2) is 3.67. The second-order valence-electron chi connectivity index (χ2n) is 3.16. The lowest BCUT2D eigenvalue weighted by Gasteiger charge is -1.98. The zero-order valence-electron chi connectivity index (χ0n) is 7.97. The maximum absolute atomic E-state index is 8.82. The third kappa shape index (κ3) is 1.70. The molecule has 0 unspecified atom stereocenters. The van der Waals surface area contributed by atoms with E-state index in [1.807, 2.05) is 23.9 Å². The Kier molecular flexibility index (Phi) is 2.37. The van der Waals surface area contributed by atoms with Gasteiger partial charge in [0, 0.05) is 19.4 Å². The fourth-order valence-corrected chi connectivity index (χ4v) is 1.32. The lowest BCUT2D eigenvalue weighted by molar-refractivity contribution is 0.244. The number of hydrogen-bond donors (Lipinski definition) is 1. The average Bonchev–Trinajstić information content (AvgIpc) is 2.77. The molecule has 0 radical (unpaired) electrons. The van der Waals surface area contributed by atoms with Crippen LogP contribution >= 0.6 is 0 Å². The molecule has 0 amide bonds. The van der Waals surface area contributed by atoms with Gasteiger partial charge in [-0.3, -0.25) is 0 Å². The van der Waals surface area contributed by atoms with Gasteiger partial charge in [0.1, 0.15) is 24.0 Å². The maximum atomic E-state index is 8.82. The lowest BCUT2D eigenvalue weighted by Crippen LogP contribution is -1.97. The summed E-state index contributed by atoms with van der Waals surface area (Å²) in [6.45, 7) is -0.0550. The van der Waals surface area contributed by atoms with Gasteiger partial charge in [-0.05, 0) is 12.1 Å². The van der Waals surface area contributed by atoms with Crippen molar-refractivity contribution in [2.24, 2.45) is 7.05 Å². The van der Waals surface area contributed by atoms with Crippen molar-refractivity contribution in [3.63, 3.8) is 0 Å². The molecule has 0 aliphatic carbocycles. The van der Waals surface area contributed by atoms with Crippen LogP contribution in [0.15, 0.2) is 28.9 Å². The molecule has 0 bridgehead atoms. The Morgan fingerprint density at radius 2 is 2.21 bits per heavy atom. The van der Waals surface area contributed by atoms with E-state index in [0.29, 0.717) is 12.2 Å². The van der Waals surface area contributed by atoms with Gasteiger partial charge in [-0.1, -0.05) is 0 Å². The summed E-state index contributed by atoms with van der Waals surface area (Å²) in [5.41, 5.74) is 0. The highest BCUT2D eigenvalue weighted by atomic mass is 16.4. The fourth-order valence-electron chi connectivity index (χ4n) is 1.32. The molecule has 0 aromatic carbocycles. The van der Waals surface area contributed by atoms with Crippen molar-refractivity contribution in [1.82, 2.24) is 9.55 Å². The first-order valence-electron chi connectivity index (χ1n) is 4.44. The van der Waals surface area contributed by atoms with Gasteiger partial charge in [0.25, 0.3) is 0 Å². The van der Waals surface area contributed by atoms with Crippen LogP contribution in [-0.4, -0.2) is 14.7 Å². The summed E-state index contributed by atoms with van der Waals surface area (Å²) >= 11 is 0. The Balaban J connectivity index is 2.15. The molecule has 0 fully saturated rings. The minimum absolute atomic E-state index is 0.0550. The molecule has 0 spiro atoms. The first kappa shape index (κ1) is 9.02. The second-order valence-corrected chi connectivity index (χ2v) is 3.16. The van der Waals surface area contributed by atoms with Crippen molar-refractivity contribution in [1.29, 1.82) is 0 Å². The van der Waals surface area contributed by atoms with Gasteiger partial charge in [-0.2, -0.15) is 0 Å². The molecule has 0 aliphatic heterocycles. The molecule has 1 N–H and O–H groups in total. The minimum atomic E-state index is -0.0550. The van der Waals surface area contributed by atoms with Gasteiger partial charge in [0.05, 0.1) is 6.42 Å². The molecule has 4 nitrogen and oxygen atoms in total. The van der Waals surface area contributed by atoms with Crippen molar-refractivity contribution in [2.75, 3.05) is 0 Å². The summed E-state index contributed by atoms with van der Waals surface area (Å²) in [7, 11) is 1.94. The Bertz CT molecular complexity index is 417. The number of aromatic nitrogens is 2. The molecule has 2 heterocycles. The van der Waals surface area contributed by atoms with E-state index in [9.17, 15) is 0 Å². The molecule has 14 heavy (non-hydrogen) atoms. The van der Waals surface area contributed by atoms with E-state index >= 15 is 0 Å². The normalized spacial score (nSPS) is 10.7. The van der Waals surface area contributed by atoms with Gasteiger partial charge >= 0.3 is 0 Å². The van der Waals surface area contributed by atoms with Crippen LogP contribution < -0.4 is 0 Å². The van der Waals surface area contributed by atoms with Crippen LogP contribution in [0.1, 0.15) is 17.3 Å². The van der Waals surface area contributed by atoms with Crippen LogP contribution in [0.4, 0.5) is 0 Å². The van der Waals surface area contributed by atoms with E-state index in [1.165, 1.54) is 0 Å². The molecule has 4 heteroatoms. The number of aliphatic hydroxyl groups is 1. The zero-order valence-corrected chi connectivity index (χ0v) is 7.97. The number of rotatable bonds is 3. The highest BCUT2D eigenvalue weighted by molar-refractivity contribution is 5.11. The monoisotopic (exact) mass is 192 g/mol. The number of nitrogens with zero attached hydrogens (tertiary/aromatic N) is 2. The minimum Gasteiger partial charge on any atom is -0.463 e. The third-order valence-electron chi connectivity index (χ3n) is 2.13. The molecule has 2 aromatic heterocycles. The summed E-state index contributed by atoms with van der Waals surface area (Å²) < 4.78 is 7.30. The van der Waals surface area contributed by atoms with Gasteiger partial charge in [-0.25, -0.2) is 4.98 Å². The number of aliphatic hydroxyl groups excluding tert-OH is 1. The topological polar surface area (TPSA) is 51.2 Å². The molecule has 2 rings (SSSR count). The Morgan fingerprint density at radius 1 is 1.43 bits per heavy atom. The van der Waals surface area contributed by atoms with Crippen LogP contribution in [0.3, 0.4) is 0 Å². The highest BCUT2D eigenvalue weighted by Crippen LogP contribution is 2.11. The molecular weight excluding hydrogens is 180 g/mol. The van der Waals surface area contributed by atoms with Crippen molar-refractivity contribution in [2.45, 2.75) is 13.0 Å². The van der Waals surface area contributed by atoms with Crippen molar-refractivity contribution in [3.05, 3.63) is 41.9 Å². The molecule has 0 aliphatic rings. The van der Waals surface area contributed by atoms with Crippen molar-refractivity contribution in [3.8, 4) is 0 Å². The Hall–Kier alpha value is -1.55. The molecular formula is C10H12N2O2. The van der Waals surface area contributed by atoms with Gasteiger partial charge in [-0.15, -0.1) is 0 Å². The summed E-state index contributed by atoms with van der Waals surface area (Å²) in [6, 6.07) is 3.64. The lowest BCUT2D eigenvalue weighted by atomic mass is 10.3. The molecule has 0 atom stereocenters. The van der Waals surface area contributed by atoms with Crippen LogP contribution in [0.2, 0.25) is 0 Å². The summed E-state index contributed by atoms with van der Waals surface area (Å²) in [6.07, 6.45) is 4.31. The highest BCUT2D eigenvalue weighted by Gasteiger charge is 2.05.